The maximum atomic E-state index is 12.9. The molecule has 0 rings (SSSR count). The highest BCUT2D eigenvalue weighted by Crippen LogP contribution is 2.43. The van der Waals surface area contributed by atoms with Gasteiger partial charge in [0.15, 0.2) is 0 Å². The first-order chi connectivity index (χ1) is 27.0. The Bertz CT molecular complexity index is 927. The molecule has 1 unspecified atom stereocenters. The summed E-state index contributed by atoms with van der Waals surface area (Å²) in [5.41, 5.74) is 0. The number of unbranched alkanes of at least 4 members (excludes halogenated alkanes) is 31. The number of carbonyl (C=O) groups is 1. The normalized spacial score (nSPS) is 14.3. The highest BCUT2D eigenvalue weighted by molar-refractivity contribution is 7.47. The Kier molecular flexibility index (Phi) is 39.1. The molecule has 3 N–H and O–H groups in total. The van der Waals surface area contributed by atoms with Crippen LogP contribution in [-0.4, -0.2) is 73.4 Å². The van der Waals surface area contributed by atoms with Crippen LogP contribution in [0.25, 0.3) is 0 Å². The summed E-state index contributed by atoms with van der Waals surface area (Å²) in [6.45, 7) is 4.80. The van der Waals surface area contributed by atoms with Gasteiger partial charge in [-0.25, -0.2) is 4.57 Å². The fourth-order valence-corrected chi connectivity index (χ4v) is 7.90. The third-order valence-electron chi connectivity index (χ3n) is 11.0. The van der Waals surface area contributed by atoms with Gasteiger partial charge in [0, 0.05) is 6.42 Å². The zero-order valence-corrected chi connectivity index (χ0v) is 38.8. The molecule has 0 aromatic carbocycles. The van der Waals surface area contributed by atoms with Crippen molar-refractivity contribution in [2.75, 3.05) is 40.9 Å². The summed E-state index contributed by atoms with van der Waals surface area (Å²) in [7, 11) is 1.58. The molecule has 0 bridgehead atoms. The van der Waals surface area contributed by atoms with E-state index < -0.39 is 20.0 Å². The number of aliphatic hydroxyl groups is 1. The summed E-state index contributed by atoms with van der Waals surface area (Å²) in [4.78, 5) is 23.1. The maximum Gasteiger partial charge on any atom is 0.472 e. The van der Waals surface area contributed by atoms with Gasteiger partial charge in [-0.15, -0.1) is 0 Å². The van der Waals surface area contributed by atoms with Crippen LogP contribution in [0.3, 0.4) is 0 Å². The molecule has 0 aromatic heterocycles. The minimum atomic E-state index is -4.33. The second kappa shape index (κ2) is 39.7. The van der Waals surface area contributed by atoms with Gasteiger partial charge in [0.1, 0.15) is 13.2 Å². The Morgan fingerprint density at radius 2 is 0.946 bits per heavy atom. The first kappa shape index (κ1) is 55.2. The van der Waals surface area contributed by atoms with Crippen molar-refractivity contribution in [3.05, 3.63) is 12.2 Å². The van der Waals surface area contributed by atoms with E-state index in [4.69, 9.17) is 9.05 Å². The highest BCUT2D eigenvalue weighted by Gasteiger charge is 2.27. The summed E-state index contributed by atoms with van der Waals surface area (Å²) in [5.74, 6) is -0.175. The smallest absolute Gasteiger partial charge is 0.387 e. The number of hydrogen-bond donors (Lipinski definition) is 3. The van der Waals surface area contributed by atoms with Crippen molar-refractivity contribution < 1.29 is 32.9 Å². The Morgan fingerprint density at radius 1 is 0.589 bits per heavy atom. The van der Waals surface area contributed by atoms with Crippen molar-refractivity contribution in [2.24, 2.45) is 0 Å². The van der Waals surface area contributed by atoms with E-state index in [2.05, 4.69) is 19.2 Å². The minimum Gasteiger partial charge on any atom is -0.387 e. The summed E-state index contributed by atoms with van der Waals surface area (Å²) in [6.07, 6.45) is 45.9. The van der Waals surface area contributed by atoms with Crippen LogP contribution in [0.15, 0.2) is 12.2 Å². The Balaban J connectivity index is 4.08. The molecule has 0 saturated carbocycles. The first-order valence-corrected chi connectivity index (χ1v) is 25.6. The summed E-state index contributed by atoms with van der Waals surface area (Å²) < 4.78 is 23.5. The van der Waals surface area contributed by atoms with E-state index in [1.807, 2.05) is 27.2 Å². The fourth-order valence-electron chi connectivity index (χ4n) is 7.16. The van der Waals surface area contributed by atoms with Gasteiger partial charge in [0.2, 0.25) is 5.91 Å². The van der Waals surface area contributed by atoms with Crippen molar-refractivity contribution in [3.8, 4) is 0 Å². The molecule has 0 saturated heterocycles. The number of aliphatic hydroxyl groups excluding tert-OH is 1. The predicted octanol–water partition coefficient (Wildman–Crippen LogP) is 13.5. The third kappa shape index (κ3) is 41.4. The molecule has 9 heteroatoms. The molecule has 334 valence electrons. The molecule has 56 heavy (non-hydrogen) atoms. The van der Waals surface area contributed by atoms with Crippen LogP contribution < -0.4 is 5.32 Å². The molecule has 0 aliphatic heterocycles. The molecule has 0 aliphatic carbocycles. The molecular weight excluding hydrogens is 719 g/mol. The molecule has 0 aromatic rings. The topological polar surface area (TPSA) is 105 Å². The van der Waals surface area contributed by atoms with Crippen LogP contribution in [0, 0.1) is 0 Å². The number of likely N-dealkylation sites (N-methyl/N-ethyl adjacent to an activating group) is 1. The number of hydrogen-bond acceptors (Lipinski definition) is 5. The van der Waals surface area contributed by atoms with Crippen LogP contribution in [0.5, 0.6) is 0 Å². The number of carbonyl (C=O) groups excluding carboxylic acids is 1. The average molecular weight is 816 g/mol. The molecule has 0 aliphatic rings. The highest BCUT2D eigenvalue weighted by atomic mass is 31.2. The first-order valence-electron chi connectivity index (χ1n) is 24.1. The molecule has 3 atom stereocenters. The number of rotatable bonds is 44. The summed E-state index contributed by atoms with van der Waals surface area (Å²) >= 11 is 0. The number of phosphoric ester groups is 1. The SMILES string of the molecule is CCCCCCCCC/C=C/[C@@H](O)[C@H](COP(=O)(O)OCC[N+](C)(C)C)NC(=O)CCCCCCCCCCCCCCCCCCCCCCCCCCC. The Morgan fingerprint density at radius 3 is 1.32 bits per heavy atom. The zero-order chi connectivity index (χ0) is 41.4. The van der Waals surface area contributed by atoms with Gasteiger partial charge in [-0.1, -0.05) is 219 Å². The number of nitrogens with one attached hydrogen (secondary N) is 1. The van der Waals surface area contributed by atoms with Crippen molar-refractivity contribution in [2.45, 2.75) is 244 Å². The lowest BCUT2D eigenvalue weighted by Crippen LogP contribution is -2.45. The van der Waals surface area contributed by atoms with Crippen molar-refractivity contribution >= 4 is 13.7 Å². The van der Waals surface area contributed by atoms with Gasteiger partial charge in [-0.2, -0.15) is 0 Å². The van der Waals surface area contributed by atoms with E-state index in [9.17, 15) is 19.4 Å². The van der Waals surface area contributed by atoms with Crippen LogP contribution >= 0.6 is 7.82 Å². The van der Waals surface area contributed by atoms with E-state index in [1.165, 1.54) is 173 Å². The Labute approximate surface area is 348 Å². The van der Waals surface area contributed by atoms with Gasteiger partial charge >= 0.3 is 7.82 Å². The van der Waals surface area contributed by atoms with Gasteiger partial charge in [0.05, 0.1) is 39.9 Å². The maximum absolute atomic E-state index is 12.9. The van der Waals surface area contributed by atoms with E-state index >= 15 is 0 Å². The number of amides is 1. The minimum absolute atomic E-state index is 0.0643. The zero-order valence-electron chi connectivity index (χ0n) is 37.9. The van der Waals surface area contributed by atoms with E-state index in [0.29, 0.717) is 17.4 Å². The van der Waals surface area contributed by atoms with Crippen LogP contribution in [-0.2, 0) is 18.4 Å². The number of phosphoric acid groups is 1. The van der Waals surface area contributed by atoms with Crippen molar-refractivity contribution in [1.82, 2.24) is 5.32 Å². The number of nitrogens with zero attached hydrogens (tertiary/aromatic N) is 1. The van der Waals surface area contributed by atoms with Gasteiger partial charge in [-0.3, -0.25) is 13.8 Å². The largest absolute Gasteiger partial charge is 0.472 e. The van der Waals surface area contributed by atoms with E-state index in [1.54, 1.807) is 6.08 Å². The van der Waals surface area contributed by atoms with Crippen LogP contribution in [0.4, 0.5) is 0 Å². The molecule has 0 heterocycles. The lowest BCUT2D eigenvalue weighted by atomic mass is 10.0. The molecule has 1 amide bonds. The number of allylic oxidation sites excluding steroid dienone is 1. The molecule has 0 fully saturated rings. The monoisotopic (exact) mass is 816 g/mol. The van der Waals surface area contributed by atoms with E-state index in [0.717, 1.165) is 38.5 Å². The molecule has 0 spiro atoms. The van der Waals surface area contributed by atoms with Crippen LogP contribution in [0.1, 0.15) is 232 Å². The summed E-state index contributed by atoms with van der Waals surface area (Å²) in [6, 6.07) is -0.838. The standard InChI is InChI=1S/C47H95N2O6P/c1-6-8-10-12-14-16-17-18-19-20-21-22-23-24-25-26-27-28-29-30-31-33-35-37-39-41-47(51)48-45(44-55-56(52,53)54-43-42-49(3,4)5)46(50)40-38-36-34-32-15-13-11-9-7-2/h38,40,45-46,50H,6-37,39,41-44H2,1-5H3,(H-,48,51,52,53)/p+1/b40-38+/t45-,46+/m0/s1. The summed E-state index contributed by atoms with van der Waals surface area (Å²) in [5, 5.41) is 13.8. The lowest BCUT2D eigenvalue weighted by Gasteiger charge is -2.25. The van der Waals surface area contributed by atoms with Crippen molar-refractivity contribution in [1.29, 1.82) is 0 Å². The second-order valence-corrected chi connectivity index (χ2v) is 19.3. The van der Waals surface area contributed by atoms with Gasteiger partial charge in [-0.05, 0) is 19.3 Å². The average Bonchev–Trinajstić information content (AvgIpc) is 3.15. The molecule has 8 nitrogen and oxygen atoms in total. The van der Waals surface area contributed by atoms with Crippen LogP contribution in [0.2, 0.25) is 0 Å². The third-order valence-corrected chi connectivity index (χ3v) is 12.0. The van der Waals surface area contributed by atoms with Gasteiger partial charge in [0.25, 0.3) is 0 Å². The van der Waals surface area contributed by atoms with Crippen molar-refractivity contribution in [3.63, 3.8) is 0 Å². The Hall–Kier alpha value is -0.760. The molecular formula is C47H96N2O6P+. The van der Waals surface area contributed by atoms with Gasteiger partial charge < -0.3 is 19.8 Å². The second-order valence-electron chi connectivity index (χ2n) is 17.8. The predicted molar refractivity (Wildman–Crippen MR) is 240 cm³/mol. The fraction of sp³-hybridized carbons (Fsp3) is 0.936. The molecule has 0 radical (unpaired) electrons. The number of quaternary nitrogens is 1. The van der Waals surface area contributed by atoms with E-state index in [-0.39, 0.29) is 19.1 Å². The quantitative estimate of drug-likeness (QED) is 0.0245. The lowest BCUT2D eigenvalue weighted by molar-refractivity contribution is -0.870.